The molecule has 0 aliphatic carbocycles. The van der Waals surface area contributed by atoms with E-state index in [0.717, 1.165) is 19.4 Å². The molecule has 0 radical (unpaired) electrons. The minimum atomic E-state index is -0.771. The van der Waals surface area contributed by atoms with Gasteiger partial charge in [0.15, 0.2) is 0 Å². The van der Waals surface area contributed by atoms with Crippen LogP contribution in [0.2, 0.25) is 0 Å². The molecular weight excluding hydrogens is 281 g/mol. The van der Waals surface area contributed by atoms with Crippen molar-refractivity contribution >= 4 is 24.7 Å². The first-order valence-electron chi connectivity index (χ1n) is 7.17. The summed E-state index contributed by atoms with van der Waals surface area (Å²) in [7, 11) is -0.771. The summed E-state index contributed by atoms with van der Waals surface area (Å²) >= 11 is 0. The van der Waals surface area contributed by atoms with Gasteiger partial charge >= 0.3 is 5.97 Å². The zero-order valence-corrected chi connectivity index (χ0v) is 12.6. The largest absolute Gasteiger partial charge is 0.480 e. The third-order valence-corrected chi connectivity index (χ3v) is 6.34. The van der Waals surface area contributed by atoms with Gasteiger partial charge in [-0.3, -0.25) is 9.46 Å². The maximum Gasteiger partial charge on any atom is 0.321 e. The topological polar surface area (TPSA) is 40.5 Å². The van der Waals surface area contributed by atoms with E-state index in [1.54, 1.807) is 0 Å². The summed E-state index contributed by atoms with van der Waals surface area (Å²) in [6.45, 7) is 0.854. The predicted molar refractivity (Wildman–Crippen MR) is 86.4 cm³/mol. The molecule has 1 atom stereocenters. The molecule has 3 rings (SSSR count). The number of carboxylic acids is 1. The zero-order chi connectivity index (χ0) is 14.7. The molecule has 1 heterocycles. The molecule has 1 fully saturated rings. The molecule has 2 aromatic rings. The number of rotatable bonds is 4. The summed E-state index contributed by atoms with van der Waals surface area (Å²) in [5.41, 5.74) is 0. The van der Waals surface area contributed by atoms with Crippen molar-refractivity contribution < 1.29 is 9.90 Å². The average Bonchev–Trinajstić information content (AvgIpc) is 2.99. The van der Waals surface area contributed by atoms with E-state index in [2.05, 4.69) is 28.9 Å². The molecule has 1 saturated heterocycles. The highest BCUT2D eigenvalue weighted by Crippen LogP contribution is 2.43. The van der Waals surface area contributed by atoms with Crippen molar-refractivity contribution in [3.8, 4) is 0 Å². The Labute approximate surface area is 126 Å². The van der Waals surface area contributed by atoms with Crippen molar-refractivity contribution in [2.75, 3.05) is 6.54 Å². The van der Waals surface area contributed by atoms with E-state index in [4.69, 9.17) is 0 Å². The normalized spacial score (nSPS) is 19.0. The number of carbonyl (C=O) groups is 1. The Kier molecular flexibility index (Phi) is 4.33. The molecule has 0 amide bonds. The molecule has 108 valence electrons. The van der Waals surface area contributed by atoms with E-state index in [1.807, 2.05) is 36.4 Å². The van der Waals surface area contributed by atoms with Crippen LogP contribution in [-0.4, -0.2) is 28.3 Å². The predicted octanol–water partition coefficient (Wildman–Crippen LogP) is 2.58. The molecule has 2 aromatic carbocycles. The van der Waals surface area contributed by atoms with Crippen LogP contribution < -0.4 is 10.6 Å². The van der Waals surface area contributed by atoms with Gasteiger partial charge in [-0.2, -0.15) is 0 Å². The van der Waals surface area contributed by atoms with E-state index in [0.29, 0.717) is 0 Å². The van der Waals surface area contributed by atoms with E-state index >= 15 is 0 Å². The van der Waals surface area contributed by atoms with Crippen LogP contribution >= 0.6 is 8.07 Å². The molecule has 1 N–H and O–H groups in total. The fourth-order valence-electron chi connectivity index (χ4n) is 2.83. The summed E-state index contributed by atoms with van der Waals surface area (Å²) in [6.07, 6.45) is 1.70. The summed E-state index contributed by atoms with van der Waals surface area (Å²) < 4.78 is 2.18. The molecule has 0 aromatic heterocycles. The lowest BCUT2D eigenvalue weighted by molar-refractivity contribution is -0.140. The van der Waals surface area contributed by atoms with Gasteiger partial charge in [-0.25, -0.2) is 0 Å². The van der Waals surface area contributed by atoms with Crippen molar-refractivity contribution in [2.45, 2.75) is 18.9 Å². The maximum absolute atomic E-state index is 11.5. The van der Waals surface area contributed by atoms with Gasteiger partial charge in [-0.05, 0) is 23.5 Å². The van der Waals surface area contributed by atoms with E-state index in [9.17, 15) is 9.90 Å². The van der Waals surface area contributed by atoms with Crippen molar-refractivity contribution in [3.63, 3.8) is 0 Å². The fourth-order valence-corrected chi connectivity index (χ4v) is 5.46. The minimum absolute atomic E-state index is 0.364. The highest BCUT2D eigenvalue weighted by atomic mass is 31.1. The lowest BCUT2D eigenvalue weighted by Gasteiger charge is -2.31. The van der Waals surface area contributed by atoms with Crippen LogP contribution in [0.15, 0.2) is 60.7 Å². The second-order valence-electron chi connectivity index (χ2n) is 5.14. The van der Waals surface area contributed by atoms with Gasteiger partial charge in [-0.1, -0.05) is 60.7 Å². The van der Waals surface area contributed by atoms with Crippen LogP contribution in [0, 0.1) is 0 Å². The summed E-state index contributed by atoms with van der Waals surface area (Å²) in [4.78, 5) is 11.5. The van der Waals surface area contributed by atoms with Crippen molar-refractivity contribution in [3.05, 3.63) is 60.7 Å². The molecule has 0 bridgehead atoms. The molecule has 21 heavy (non-hydrogen) atoms. The van der Waals surface area contributed by atoms with E-state index in [-0.39, 0.29) is 6.04 Å². The second kappa shape index (κ2) is 6.38. The van der Waals surface area contributed by atoms with Gasteiger partial charge in [0.2, 0.25) is 0 Å². The first-order chi connectivity index (χ1) is 10.3. The molecule has 3 nitrogen and oxygen atoms in total. The highest BCUT2D eigenvalue weighted by molar-refractivity contribution is 7.70. The molecule has 0 spiro atoms. The van der Waals surface area contributed by atoms with Crippen molar-refractivity contribution in [1.29, 1.82) is 0 Å². The fraction of sp³-hybridized carbons (Fsp3) is 0.235. The Morgan fingerprint density at radius 1 is 1.00 bits per heavy atom. The van der Waals surface area contributed by atoms with Gasteiger partial charge in [0.1, 0.15) is 6.04 Å². The monoisotopic (exact) mass is 299 g/mol. The molecular formula is C17H18NO2P. The van der Waals surface area contributed by atoms with Gasteiger partial charge in [0.05, 0.1) is 0 Å². The van der Waals surface area contributed by atoms with Crippen LogP contribution in [0.3, 0.4) is 0 Å². The Bertz CT molecular complexity index is 563. The number of hydrogen-bond acceptors (Lipinski definition) is 2. The molecule has 4 heteroatoms. The highest BCUT2D eigenvalue weighted by Gasteiger charge is 2.36. The third-order valence-electron chi connectivity index (χ3n) is 3.77. The zero-order valence-electron chi connectivity index (χ0n) is 11.7. The van der Waals surface area contributed by atoms with Crippen LogP contribution in [-0.2, 0) is 4.79 Å². The van der Waals surface area contributed by atoms with Gasteiger partial charge in [-0.15, -0.1) is 0 Å². The molecule has 0 unspecified atom stereocenters. The summed E-state index contributed by atoms with van der Waals surface area (Å²) in [5.74, 6) is -0.702. The van der Waals surface area contributed by atoms with Crippen molar-refractivity contribution in [2.24, 2.45) is 0 Å². The van der Waals surface area contributed by atoms with Gasteiger partial charge in [0, 0.05) is 14.6 Å². The van der Waals surface area contributed by atoms with Crippen molar-refractivity contribution in [1.82, 2.24) is 4.67 Å². The van der Waals surface area contributed by atoms with Crippen LogP contribution in [0.25, 0.3) is 0 Å². The van der Waals surface area contributed by atoms with E-state index in [1.165, 1.54) is 10.6 Å². The lowest BCUT2D eigenvalue weighted by atomic mass is 10.2. The number of aliphatic carboxylic acids is 1. The Balaban J connectivity index is 2.03. The Morgan fingerprint density at radius 3 is 2.00 bits per heavy atom. The van der Waals surface area contributed by atoms with Crippen LogP contribution in [0.4, 0.5) is 0 Å². The number of carboxylic acid groups (broad SMARTS) is 1. The van der Waals surface area contributed by atoms with Gasteiger partial charge < -0.3 is 5.11 Å². The Hall–Kier alpha value is -1.70. The minimum Gasteiger partial charge on any atom is -0.480 e. The van der Waals surface area contributed by atoms with Crippen LogP contribution in [0.1, 0.15) is 12.8 Å². The molecule has 1 aliphatic heterocycles. The second-order valence-corrected chi connectivity index (χ2v) is 7.31. The Morgan fingerprint density at radius 2 is 1.52 bits per heavy atom. The van der Waals surface area contributed by atoms with Crippen LogP contribution in [0.5, 0.6) is 0 Å². The average molecular weight is 299 g/mol. The smallest absolute Gasteiger partial charge is 0.321 e. The van der Waals surface area contributed by atoms with Gasteiger partial charge in [0.25, 0.3) is 0 Å². The lowest BCUT2D eigenvalue weighted by Crippen LogP contribution is -2.37. The quantitative estimate of drug-likeness (QED) is 0.882. The SMILES string of the molecule is O=C(O)[C@H]1CCCN1P(c1ccccc1)c1ccccc1. The maximum atomic E-state index is 11.5. The van der Waals surface area contributed by atoms with E-state index < -0.39 is 14.0 Å². The number of benzene rings is 2. The standard InChI is InChI=1S/C17H18NO2P/c19-17(20)16-12-7-13-18(16)21(14-8-3-1-4-9-14)15-10-5-2-6-11-15/h1-6,8-11,16H,7,12-13H2,(H,19,20)/t16-/m1/s1. The molecule has 1 aliphatic rings. The third kappa shape index (κ3) is 2.99. The first-order valence-corrected chi connectivity index (χ1v) is 8.46. The number of hydrogen-bond donors (Lipinski definition) is 1. The first kappa shape index (κ1) is 14.2. The molecule has 0 saturated carbocycles. The number of nitrogens with zero attached hydrogens (tertiary/aromatic N) is 1. The summed E-state index contributed by atoms with van der Waals surface area (Å²) in [5, 5.41) is 11.9. The summed E-state index contributed by atoms with van der Waals surface area (Å²) in [6, 6.07) is 20.2.